The molecule has 0 radical (unpaired) electrons. The molecule has 0 aliphatic heterocycles. The van der Waals surface area contributed by atoms with Crippen LogP contribution in [0.5, 0.6) is 0 Å². The molecule has 0 bridgehead atoms. The van der Waals surface area contributed by atoms with Crippen molar-refractivity contribution in [2.75, 3.05) is 0 Å². The van der Waals surface area contributed by atoms with E-state index in [2.05, 4.69) is 20.8 Å². The smallest absolute Gasteiger partial charge is 0.0391 e. The van der Waals surface area contributed by atoms with E-state index in [4.69, 9.17) is 0 Å². The van der Waals surface area contributed by atoms with Crippen LogP contribution in [0.2, 0.25) is 0 Å². The molecule has 1 saturated carbocycles. The van der Waals surface area contributed by atoms with Gasteiger partial charge in [0.15, 0.2) is 0 Å². The highest BCUT2D eigenvalue weighted by Gasteiger charge is 2.19. The summed E-state index contributed by atoms with van der Waals surface area (Å²) in [6.45, 7) is 7.11. The van der Waals surface area contributed by atoms with Gasteiger partial charge in [0.2, 0.25) is 0 Å². The Labute approximate surface area is 77.2 Å². The van der Waals surface area contributed by atoms with Gasteiger partial charge >= 0.3 is 0 Å². The molecule has 0 N–H and O–H groups in total. The van der Waals surface area contributed by atoms with Crippen molar-refractivity contribution < 1.29 is 0 Å². The number of rotatable bonds is 1. The Morgan fingerprint density at radius 1 is 1.00 bits per heavy atom. The van der Waals surface area contributed by atoms with Crippen LogP contribution in [-0.4, -0.2) is 0 Å². The van der Waals surface area contributed by atoms with Crippen molar-refractivity contribution in [1.29, 1.82) is 0 Å². The summed E-state index contributed by atoms with van der Waals surface area (Å²) in [6.07, 6.45) is 5.92. The number of hydrogen-bond acceptors (Lipinski definition) is 0. The first-order chi connectivity index (χ1) is 4.70. The molecule has 0 aromatic heterocycles. The van der Waals surface area contributed by atoms with Gasteiger partial charge < -0.3 is 0 Å². The normalized spacial score (nSPS) is 31.6. The third kappa shape index (κ3) is 3.46. The van der Waals surface area contributed by atoms with E-state index >= 15 is 0 Å². The molecular weight excluding hydrogens is 156 g/mol. The van der Waals surface area contributed by atoms with E-state index in [1.165, 1.54) is 25.7 Å². The van der Waals surface area contributed by atoms with Gasteiger partial charge in [0.25, 0.3) is 0 Å². The van der Waals surface area contributed by atoms with E-state index < -0.39 is 0 Å². The summed E-state index contributed by atoms with van der Waals surface area (Å²) >= 11 is 0. The summed E-state index contributed by atoms with van der Waals surface area (Å²) in [5.41, 5.74) is 0. The van der Waals surface area contributed by atoms with Crippen LogP contribution in [0.25, 0.3) is 0 Å². The topological polar surface area (TPSA) is 0 Å². The lowest BCUT2D eigenvalue weighted by Gasteiger charge is -2.28. The van der Waals surface area contributed by atoms with Crippen LogP contribution in [0.3, 0.4) is 0 Å². The third-order valence-corrected chi connectivity index (χ3v) is 3.00. The summed E-state index contributed by atoms with van der Waals surface area (Å²) in [4.78, 5) is 0. The standard InChI is InChI=1S/C10H20.ClH/c1-8(2)10-6-4-9(3)5-7-10;/h8-10H,4-7H2,1-3H3;1H. The Morgan fingerprint density at radius 3 is 1.82 bits per heavy atom. The molecule has 11 heavy (non-hydrogen) atoms. The average molecular weight is 177 g/mol. The highest BCUT2D eigenvalue weighted by Crippen LogP contribution is 2.32. The zero-order valence-electron chi connectivity index (χ0n) is 7.97. The quantitative estimate of drug-likeness (QED) is 0.569. The molecule has 0 heterocycles. The maximum Gasteiger partial charge on any atom is -0.0391 e. The second-order valence-corrected chi connectivity index (χ2v) is 4.26. The maximum atomic E-state index is 2.39. The van der Waals surface area contributed by atoms with Crippen molar-refractivity contribution in [3.05, 3.63) is 0 Å². The van der Waals surface area contributed by atoms with Gasteiger partial charge in [-0.1, -0.05) is 33.6 Å². The molecule has 1 rings (SSSR count). The molecule has 1 aliphatic carbocycles. The molecule has 1 fully saturated rings. The molecule has 0 atom stereocenters. The Hall–Kier alpha value is 0.290. The van der Waals surface area contributed by atoms with E-state index in [-0.39, 0.29) is 12.4 Å². The summed E-state index contributed by atoms with van der Waals surface area (Å²) in [7, 11) is 0. The Balaban J connectivity index is 0.000001000. The first kappa shape index (κ1) is 11.3. The first-order valence-corrected chi connectivity index (χ1v) is 4.70. The first-order valence-electron chi connectivity index (χ1n) is 4.70. The second kappa shape index (κ2) is 5.03. The van der Waals surface area contributed by atoms with Crippen molar-refractivity contribution >= 4 is 12.4 Å². The van der Waals surface area contributed by atoms with Gasteiger partial charge in [-0.3, -0.25) is 0 Å². The number of hydrogen-bond donors (Lipinski definition) is 0. The Bertz CT molecular complexity index is 91.0. The highest BCUT2D eigenvalue weighted by atomic mass is 35.5. The van der Waals surface area contributed by atoms with E-state index in [0.29, 0.717) is 0 Å². The lowest BCUT2D eigenvalue weighted by Crippen LogP contribution is -2.16. The third-order valence-electron chi connectivity index (χ3n) is 3.00. The van der Waals surface area contributed by atoms with Gasteiger partial charge in [0.05, 0.1) is 0 Å². The van der Waals surface area contributed by atoms with Crippen molar-refractivity contribution in [2.45, 2.75) is 46.5 Å². The molecule has 0 aromatic carbocycles. The predicted octanol–water partition coefficient (Wildman–Crippen LogP) is 3.89. The largest absolute Gasteiger partial charge is 0.147 e. The molecule has 0 aromatic rings. The van der Waals surface area contributed by atoms with Crippen molar-refractivity contribution in [3.8, 4) is 0 Å². The Kier molecular flexibility index (Phi) is 5.16. The highest BCUT2D eigenvalue weighted by molar-refractivity contribution is 5.85. The molecule has 0 unspecified atom stereocenters. The molecule has 0 amide bonds. The fourth-order valence-electron chi connectivity index (χ4n) is 1.95. The summed E-state index contributed by atoms with van der Waals surface area (Å²) in [5, 5.41) is 0. The van der Waals surface area contributed by atoms with Crippen LogP contribution in [-0.2, 0) is 0 Å². The van der Waals surface area contributed by atoms with Gasteiger partial charge in [-0.2, -0.15) is 0 Å². The van der Waals surface area contributed by atoms with Crippen LogP contribution in [0.4, 0.5) is 0 Å². The van der Waals surface area contributed by atoms with Crippen LogP contribution in [0.1, 0.15) is 46.5 Å². The monoisotopic (exact) mass is 176 g/mol. The van der Waals surface area contributed by atoms with E-state index in [0.717, 1.165) is 17.8 Å². The average Bonchev–Trinajstić information content (AvgIpc) is 1.88. The SMILES string of the molecule is CC1CCC(C(C)C)CC1.Cl. The van der Waals surface area contributed by atoms with Gasteiger partial charge in [-0.15, -0.1) is 12.4 Å². The van der Waals surface area contributed by atoms with Gasteiger partial charge in [0, 0.05) is 0 Å². The minimum absolute atomic E-state index is 0. The lowest BCUT2D eigenvalue weighted by atomic mass is 9.78. The number of halogens is 1. The predicted molar refractivity (Wildman–Crippen MR) is 53.2 cm³/mol. The molecular formula is C10H21Cl. The zero-order valence-corrected chi connectivity index (χ0v) is 8.79. The molecule has 1 aliphatic rings. The van der Waals surface area contributed by atoms with Crippen LogP contribution < -0.4 is 0 Å². The fraction of sp³-hybridized carbons (Fsp3) is 1.00. The van der Waals surface area contributed by atoms with Crippen molar-refractivity contribution in [2.24, 2.45) is 17.8 Å². The van der Waals surface area contributed by atoms with Crippen LogP contribution in [0.15, 0.2) is 0 Å². The van der Waals surface area contributed by atoms with E-state index in [1.54, 1.807) is 0 Å². The molecule has 1 heteroatoms. The second-order valence-electron chi connectivity index (χ2n) is 4.26. The van der Waals surface area contributed by atoms with Gasteiger partial charge in [-0.25, -0.2) is 0 Å². The Morgan fingerprint density at radius 2 is 1.45 bits per heavy atom. The summed E-state index contributed by atoms with van der Waals surface area (Å²) in [5.74, 6) is 2.97. The summed E-state index contributed by atoms with van der Waals surface area (Å²) in [6, 6.07) is 0. The molecule has 68 valence electrons. The van der Waals surface area contributed by atoms with Gasteiger partial charge in [-0.05, 0) is 30.6 Å². The maximum absolute atomic E-state index is 2.39. The minimum atomic E-state index is 0. The van der Waals surface area contributed by atoms with E-state index in [1.807, 2.05) is 0 Å². The summed E-state index contributed by atoms with van der Waals surface area (Å²) < 4.78 is 0. The van der Waals surface area contributed by atoms with Crippen molar-refractivity contribution in [1.82, 2.24) is 0 Å². The molecule has 0 saturated heterocycles. The fourth-order valence-corrected chi connectivity index (χ4v) is 1.95. The van der Waals surface area contributed by atoms with Crippen LogP contribution >= 0.6 is 12.4 Å². The minimum Gasteiger partial charge on any atom is -0.147 e. The molecule has 0 nitrogen and oxygen atoms in total. The van der Waals surface area contributed by atoms with Gasteiger partial charge in [0.1, 0.15) is 0 Å². The zero-order chi connectivity index (χ0) is 7.56. The lowest BCUT2D eigenvalue weighted by molar-refractivity contribution is 0.234. The van der Waals surface area contributed by atoms with E-state index in [9.17, 15) is 0 Å². The van der Waals surface area contributed by atoms with Crippen LogP contribution in [0, 0.1) is 17.8 Å². The molecule has 0 spiro atoms. The van der Waals surface area contributed by atoms with Crippen molar-refractivity contribution in [3.63, 3.8) is 0 Å².